The van der Waals surface area contributed by atoms with Crippen molar-refractivity contribution in [3.8, 4) is 11.5 Å². The summed E-state index contributed by atoms with van der Waals surface area (Å²) in [7, 11) is -1.57. The number of Topliss-reactive ketones (excluding diaryl/α,β-unsaturated/α-hetero) is 1. The van der Waals surface area contributed by atoms with Gasteiger partial charge in [-0.3, -0.25) is 9.59 Å². The minimum atomic E-state index is -1.57. The molecule has 2 rings (SSSR count). The first-order chi connectivity index (χ1) is 13.6. The highest BCUT2D eigenvalue weighted by Gasteiger charge is 2.36. The fraction of sp³-hybridized carbons (Fsp3) is 0.500. The molecule has 1 saturated heterocycles. The van der Waals surface area contributed by atoms with Crippen molar-refractivity contribution in [1.82, 2.24) is 4.90 Å². The van der Waals surface area contributed by atoms with Gasteiger partial charge in [-0.15, -0.1) is 0 Å². The highest BCUT2D eigenvalue weighted by Crippen LogP contribution is 2.34. The van der Waals surface area contributed by atoms with E-state index in [0.717, 1.165) is 0 Å². The third-order valence-corrected chi connectivity index (χ3v) is 4.72. The van der Waals surface area contributed by atoms with Crippen LogP contribution in [0.1, 0.15) is 35.7 Å². The molecule has 0 saturated carbocycles. The molecular weight excluding hydrogens is 383 g/mol. The molecule has 0 aliphatic carbocycles. The number of rotatable bonds is 10. The van der Waals surface area contributed by atoms with Gasteiger partial charge in [0.2, 0.25) is 5.91 Å². The maximum absolute atomic E-state index is 12.2. The summed E-state index contributed by atoms with van der Waals surface area (Å²) in [5.41, 5.74) is 5.58. The number of nitrogens with zero attached hydrogens (tertiary/aromatic N) is 1. The van der Waals surface area contributed by atoms with Crippen LogP contribution in [0.15, 0.2) is 12.1 Å². The number of ketones is 1. The van der Waals surface area contributed by atoms with Crippen LogP contribution >= 0.6 is 0 Å². The Morgan fingerprint density at radius 3 is 2.52 bits per heavy atom. The molecule has 0 spiro atoms. The van der Waals surface area contributed by atoms with Crippen LogP contribution in [-0.2, 0) is 16.0 Å². The molecule has 1 aromatic rings. The first kappa shape index (κ1) is 22.7. The van der Waals surface area contributed by atoms with Crippen LogP contribution in [0.25, 0.3) is 0 Å². The molecular formula is C18H25BN2O8. The van der Waals surface area contributed by atoms with E-state index in [2.05, 4.69) is 0 Å². The van der Waals surface area contributed by atoms with Crippen molar-refractivity contribution in [1.29, 1.82) is 0 Å². The lowest BCUT2D eigenvalue weighted by Crippen LogP contribution is -2.60. The predicted molar refractivity (Wildman–Crippen MR) is 103 cm³/mol. The van der Waals surface area contributed by atoms with E-state index in [1.807, 2.05) is 0 Å². The second-order valence-corrected chi connectivity index (χ2v) is 6.96. The Morgan fingerprint density at radius 2 is 1.97 bits per heavy atom. The molecule has 0 aromatic heterocycles. The number of carbonyl (C=O) groups excluding carboxylic acids is 2. The van der Waals surface area contributed by atoms with E-state index in [-0.39, 0.29) is 55.3 Å². The average molecular weight is 408 g/mol. The Morgan fingerprint density at radius 1 is 1.31 bits per heavy atom. The summed E-state index contributed by atoms with van der Waals surface area (Å²) < 4.78 is 5.63. The minimum Gasteiger partial charge on any atom is -0.507 e. The molecule has 11 heteroatoms. The Bertz CT molecular complexity index is 779. The van der Waals surface area contributed by atoms with Gasteiger partial charge < -0.3 is 35.6 Å². The minimum absolute atomic E-state index is 0.0294. The number of aromatic hydroxyl groups is 1. The van der Waals surface area contributed by atoms with Crippen molar-refractivity contribution in [2.24, 2.45) is 5.73 Å². The van der Waals surface area contributed by atoms with Gasteiger partial charge in [0.05, 0.1) is 19.1 Å². The lowest BCUT2D eigenvalue weighted by molar-refractivity contribution is -0.142. The first-order valence-electron chi connectivity index (χ1n) is 9.31. The number of phenols is 1. The molecule has 0 unspecified atom stereocenters. The maximum atomic E-state index is 12.2. The Hall–Kier alpha value is -2.63. The number of carboxylic acids is 1. The lowest BCUT2D eigenvalue weighted by atomic mass is 9.82. The van der Waals surface area contributed by atoms with Crippen molar-refractivity contribution in [3.63, 3.8) is 0 Å². The molecule has 0 radical (unpaired) electrons. The molecule has 1 aliphatic heterocycles. The molecule has 29 heavy (non-hydrogen) atoms. The number of likely N-dealkylation sites (tertiary alicyclic amines) is 1. The SMILES string of the molecule is CCC(=O)C[C@@H](N)C(=O)N1CC(Oc2ccc(CCB(O)O)c(O)c2C(=O)O)C1. The van der Waals surface area contributed by atoms with Crippen molar-refractivity contribution >= 4 is 24.8 Å². The van der Waals surface area contributed by atoms with Crippen LogP contribution < -0.4 is 10.5 Å². The van der Waals surface area contributed by atoms with E-state index < -0.39 is 36.5 Å². The van der Waals surface area contributed by atoms with Crippen molar-refractivity contribution in [3.05, 3.63) is 23.3 Å². The van der Waals surface area contributed by atoms with Gasteiger partial charge in [-0.2, -0.15) is 0 Å². The van der Waals surface area contributed by atoms with E-state index in [1.165, 1.54) is 17.0 Å². The summed E-state index contributed by atoms with van der Waals surface area (Å²) in [6.07, 6.45) is -0.187. The largest absolute Gasteiger partial charge is 0.507 e. The predicted octanol–water partition coefficient (Wildman–Crippen LogP) is -0.608. The molecule has 1 heterocycles. The van der Waals surface area contributed by atoms with Crippen LogP contribution in [0.5, 0.6) is 11.5 Å². The van der Waals surface area contributed by atoms with E-state index in [1.54, 1.807) is 6.92 Å². The molecule has 10 nitrogen and oxygen atoms in total. The number of hydrogen-bond acceptors (Lipinski definition) is 8. The summed E-state index contributed by atoms with van der Waals surface area (Å²) in [6.45, 7) is 2.07. The highest BCUT2D eigenvalue weighted by molar-refractivity contribution is 6.41. The van der Waals surface area contributed by atoms with E-state index >= 15 is 0 Å². The standard InChI is InChI=1S/C18H25BN2O8/c1-2-11(22)7-13(20)17(24)21-8-12(9-21)29-14-4-3-10(5-6-19(27)28)16(23)15(14)18(25)26/h3-4,12-13,23,27-28H,2,5-9,20H2,1H3,(H,25,26)/t13-/m1/s1. The van der Waals surface area contributed by atoms with Gasteiger partial charge in [0.1, 0.15) is 28.9 Å². The zero-order valence-electron chi connectivity index (χ0n) is 16.1. The quantitative estimate of drug-likeness (QED) is 0.317. The Balaban J connectivity index is 2.01. The molecule has 6 N–H and O–H groups in total. The van der Waals surface area contributed by atoms with Crippen LogP contribution in [0.3, 0.4) is 0 Å². The van der Waals surface area contributed by atoms with Gasteiger partial charge in [-0.05, 0) is 24.4 Å². The van der Waals surface area contributed by atoms with Gasteiger partial charge in [-0.25, -0.2) is 4.79 Å². The number of carboxylic acid groups (broad SMARTS) is 1. The van der Waals surface area contributed by atoms with Crippen molar-refractivity contribution < 1.29 is 39.4 Å². The number of aryl methyl sites for hydroxylation is 1. The van der Waals surface area contributed by atoms with Crippen LogP contribution in [0.4, 0.5) is 0 Å². The second kappa shape index (κ2) is 9.72. The summed E-state index contributed by atoms with van der Waals surface area (Å²) in [6, 6.07) is 1.93. The van der Waals surface area contributed by atoms with Crippen LogP contribution in [0, 0.1) is 0 Å². The van der Waals surface area contributed by atoms with E-state index in [4.69, 9.17) is 20.5 Å². The topological polar surface area (TPSA) is 171 Å². The number of benzene rings is 1. The molecule has 158 valence electrons. The fourth-order valence-electron chi connectivity index (χ4n) is 2.99. The van der Waals surface area contributed by atoms with Gasteiger partial charge >= 0.3 is 13.1 Å². The third-order valence-electron chi connectivity index (χ3n) is 4.72. The van der Waals surface area contributed by atoms with Crippen molar-refractivity contribution in [2.45, 2.75) is 44.7 Å². The summed E-state index contributed by atoms with van der Waals surface area (Å²) in [5.74, 6) is -2.41. The maximum Gasteiger partial charge on any atom is 0.451 e. The molecule has 1 fully saturated rings. The summed E-state index contributed by atoms with van der Waals surface area (Å²) in [5, 5.41) is 37.5. The molecule has 1 aliphatic rings. The summed E-state index contributed by atoms with van der Waals surface area (Å²) >= 11 is 0. The van der Waals surface area contributed by atoms with Gasteiger partial charge in [0.25, 0.3) is 0 Å². The Kier molecular flexibility index (Phi) is 7.60. The van der Waals surface area contributed by atoms with Crippen molar-refractivity contribution in [2.75, 3.05) is 13.1 Å². The zero-order valence-corrected chi connectivity index (χ0v) is 16.1. The molecule has 1 atom stereocenters. The number of hydrogen-bond donors (Lipinski definition) is 5. The molecule has 1 aromatic carbocycles. The number of nitrogens with two attached hydrogens (primary N) is 1. The third kappa shape index (κ3) is 5.69. The molecule has 0 bridgehead atoms. The number of ether oxygens (including phenoxy) is 1. The average Bonchev–Trinajstić information content (AvgIpc) is 2.62. The number of aromatic carboxylic acids is 1. The number of carbonyl (C=O) groups is 3. The van der Waals surface area contributed by atoms with E-state index in [0.29, 0.717) is 6.42 Å². The second-order valence-electron chi connectivity index (χ2n) is 6.96. The highest BCUT2D eigenvalue weighted by atomic mass is 16.5. The fourth-order valence-corrected chi connectivity index (χ4v) is 2.99. The summed E-state index contributed by atoms with van der Waals surface area (Å²) in [4.78, 5) is 36.6. The molecule has 1 amide bonds. The van der Waals surface area contributed by atoms with Gasteiger partial charge in [0.15, 0.2) is 0 Å². The van der Waals surface area contributed by atoms with Gasteiger partial charge in [-0.1, -0.05) is 13.0 Å². The van der Waals surface area contributed by atoms with E-state index in [9.17, 15) is 24.6 Å². The number of amides is 1. The zero-order chi connectivity index (χ0) is 21.7. The first-order valence-corrected chi connectivity index (χ1v) is 9.31. The van der Waals surface area contributed by atoms with Crippen LogP contribution in [-0.4, -0.2) is 75.2 Å². The smallest absolute Gasteiger partial charge is 0.451 e. The Labute approximate surface area is 168 Å². The van der Waals surface area contributed by atoms with Gasteiger partial charge in [0, 0.05) is 12.8 Å². The monoisotopic (exact) mass is 408 g/mol. The normalized spacial score (nSPS) is 14.8. The van der Waals surface area contributed by atoms with Crippen LogP contribution in [0.2, 0.25) is 6.32 Å². The lowest BCUT2D eigenvalue weighted by Gasteiger charge is -2.40.